The molecule has 0 aliphatic carbocycles. The van der Waals surface area contributed by atoms with E-state index in [1.54, 1.807) is 13.0 Å². The van der Waals surface area contributed by atoms with Crippen molar-refractivity contribution in [3.8, 4) is 6.07 Å². The van der Waals surface area contributed by atoms with Gasteiger partial charge in [-0.05, 0) is 18.6 Å². The number of hydrogen-bond donors (Lipinski definition) is 0. The summed E-state index contributed by atoms with van der Waals surface area (Å²) >= 11 is 0. The van der Waals surface area contributed by atoms with Crippen molar-refractivity contribution in [3.05, 3.63) is 29.1 Å². The number of aromatic nitrogens is 1. The Morgan fingerprint density at radius 3 is 2.75 bits per heavy atom. The highest BCUT2D eigenvalue weighted by Crippen LogP contribution is 2.06. The van der Waals surface area contributed by atoms with Gasteiger partial charge in [0.05, 0.1) is 5.56 Å². The van der Waals surface area contributed by atoms with Crippen LogP contribution in [0, 0.1) is 18.3 Å². The SMILES string of the molecule is CC(=O)c1ncc(C#N)cc1C. The Morgan fingerprint density at radius 2 is 2.33 bits per heavy atom. The minimum absolute atomic E-state index is 0.0722. The van der Waals surface area contributed by atoms with Gasteiger partial charge in [-0.1, -0.05) is 0 Å². The maximum Gasteiger partial charge on any atom is 0.178 e. The summed E-state index contributed by atoms with van der Waals surface area (Å²) in [6, 6.07) is 3.62. The Morgan fingerprint density at radius 1 is 1.67 bits per heavy atom. The van der Waals surface area contributed by atoms with Crippen LogP contribution < -0.4 is 0 Å². The highest BCUT2D eigenvalue weighted by atomic mass is 16.1. The molecule has 3 heteroatoms. The number of carbonyl (C=O) groups excluding carboxylic acids is 1. The van der Waals surface area contributed by atoms with Crippen LogP contribution in [0.4, 0.5) is 0 Å². The van der Waals surface area contributed by atoms with Crippen LogP contribution in [0.2, 0.25) is 0 Å². The van der Waals surface area contributed by atoms with Crippen molar-refractivity contribution >= 4 is 5.78 Å². The van der Waals surface area contributed by atoms with E-state index in [4.69, 9.17) is 5.26 Å². The van der Waals surface area contributed by atoms with Crippen LogP contribution in [0.3, 0.4) is 0 Å². The minimum atomic E-state index is -0.0722. The molecule has 0 unspecified atom stereocenters. The van der Waals surface area contributed by atoms with E-state index < -0.39 is 0 Å². The van der Waals surface area contributed by atoms with Gasteiger partial charge in [-0.3, -0.25) is 9.78 Å². The highest BCUT2D eigenvalue weighted by Gasteiger charge is 2.05. The topological polar surface area (TPSA) is 53.8 Å². The Labute approximate surface area is 70.7 Å². The lowest BCUT2D eigenvalue weighted by atomic mass is 10.1. The van der Waals surface area contributed by atoms with Gasteiger partial charge < -0.3 is 0 Å². The zero-order valence-corrected chi connectivity index (χ0v) is 6.96. The molecule has 1 rings (SSSR count). The zero-order valence-electron chi connectivity index (χ0n) is 6.96. The molecule has 0 N–H and O–H groups in total. The van der Waals surface area contributed by atoms with Crippen molar-refractivity contribution in [1.82, 2.24) is 4.98 Å². The number of aryl methyl sites for hydroxylation is 1. The summed E-state index contributed by atoms with van der Waals surface area (Å²) in [5, 5.41) is 8.52. The monoisotopic (exact) mass is 160 g/mol. The molecule has 0 fully saturated rings. The molecule has 60 valence electrons. The Hall–Kier alpha value is -1.69. The Balaban J connectivity index is 3.23. The van der Waals surface area contributed by atoms with Gasteiger partial charge in [0.25, 0.3) is 0 Å². The normalized spacial score (nSPS) is 9.08. The lowest BCUT2D eigenvalue weighted by Gasteiger charge is -1.98. The van der Waals surface area contributed by atoms with Gasteiger partial charge >= 0.3 is 0 Å². The third-order valence-corrected chi connectivity index (χ3v) is 1.54. The number of rotatable bonds is 1. The molecule has 3 nitrogen and oxygen atoms in total. The molecular formula is C9H8N2O. The first-order valence-corrected chi connectivity index (χ1v) is 3.53. The fourth-order valence-electron chi connectivity index (χ4n) is 1.00. The number of hydrogen-bond acceptors (Lipinski definition) is 3. The van der Waals surface area contributed by atoms with E-state index in [9.17, 15) is 4.79 Å². The van der Waals surface area contributed by atoms with Crippen LogP contribution in [0.25, 0.3) is 0 Å². The summed E-state index contributed by atoms with van der Waals surface area (Å²) in [6.07, 6.45) is 1.41. The van der Waals surface area contributed by atoms with E-state index in [1.165, 1.54) is 13.1 Å². The second-order valence-electron chi connectivity index (χ2n) is 2.56. The van der Waals surface area contributed by atoms with Crippen LogP contribution in [0.15, 0.2) is 12.3 Å². The van der Waals surface area contributed by atoms with Gasteiger partial charge in [-0.2, -0.15) is 5.26 Å². The fourth-order valence-corrected chi connectivity index (χ4v) is 1.00. The average molecular weight is 160 g/mol. The summed E-state index contributed by atoms with van der Waals surface area (Å²) < 4.78 is 0. The third kappa shape index (κ3) is 1.48. The van der Waals surface area contributed by atoms with Gasteiger partial charge in [0, 0.05) is 13.1 Å². The van der Waals surface area contributed by atoms with Gasteiger partial charge in [0.15, 0.2) is 5.78 Å². The Bertz CT molecular complexity index is 363. The largest absolute Gasteiger partial charge is 0.293 e. The summed E-state index contributed by atoms with van der Waals surface area (Å²) in [7, 11) is 0. The number of ketones is 1. The molecule has 1 aromatic heterocycles. The zero-order chi connectivity index (χ0) is 9.14. The molecule has 0 aromatic carbocycles. The molecule has 0 radical (unpaired) electrons. The smallest absolute Gasteiger partial charge is 0.178 e. The first kappa shape index (κ1) is 8.41. The van der Waals surface area contributed by atoms with Crippen molar-refractivity contribution in [2.45, 2.75) is 13.8 Å². The second-order valence-corrected chi connectivity index (χ2v) is 2.56. The Kier molecular flexibility index (Phi) is 2.20. The van der Waals surface area contributed by atoms with Crippen molar-refractivity contribution in [1.29, 1.82) is 5.26 Å². The fraction of sp³-hybridized carbons (Fsp3) is 0.222. The van der Waals surface area contributed by atoms with Gasteiger partial charge in [-0.25, -0.2) is 0 Å². The summed E-state index contributed by atoms with van der Waals surface area (Å²) in [5.74, 6) is -0.0722. The summed E-state index contributed by atoms with van der Waals surface area (Å²) in [6.45, 7) is 3.23. The molecule has 0 saturated heterocycles. The molecule has 0 amide bonds. The molecule has 1 aromatic rings. The number of carbonyl (C=O) groups is 1. The quantitative estimate of drug-likeness (QED) is 0.584. The van der Waals surface area contributed by atoms with Crippen LogP contribution in [-0.4, -0.2) is 10.8 Å². The van der Waals surface area contributed by atoms with Crippen LogP contribution in [0.5, 0.6) is 0 Å². The van der Waals surface area contributed by atoms with Crippen LogP contribution in [-0.2, 0) is 0 Å². The first-order chi connectivity index (χ1) is 5.65. The number of Topliss-reactive ketones (excluding diaryl/α,β-unsaturated/α-hetero) is 1. The molecule has 0 atom stereocenters. The maximum absolute atomic E-state index is 10.9. The van der Waals surface area contributed by atoms with Crippen LogP contribution >= 0.6 is 0 Å². The maximum atomic E-state index is 10.9. The van der Waals surface area contributed by atoms with E-state index in [0.29, 0.717) is 11.3 Å². The van der Waals surface area contributed by atoms with E-state index in [1.807, 2.05) is 6.07 Å². The van der Waals surface area contributed by atoms with Crippen molar-refractivity contribution < 1.29 is 4.79 Å². The predicted molar refractivity (Wildman–Crippen MR) is 43.7 cm³/mol. The average Bonchev–Trinajstić information content (AvgIpc) is 2.03. The van der Waals surface area contributed by atoms with Crippen molar-refractivity contribution in [2.24, 2.45) is 0 Å². The van der Waals surface area contributed by atoms with Crippen molar-refractivity contribution in [3.63, 3.8) is 0 Å². The third-order valence-electron chi connectivity index (χ3n) is 1.54. The molecule has 12 heavy (non-hydrogen) atoms. The first-order valence-electron chi connectivity index (χ1n) is 3.53. The molecular weight excluding hydrogens is 152 g/mol. The minimum Gasteiger partial charge on any atom is -0.293 e. The molecule has 1 heterocycles. The standard InChI is InChI=1S/C9H8N2O/c1-6-3-8(4-10)5-11-9(6)7(2)12/h3,5H,1-2H3. The number of nitrogens with zero attached hydrogens (tertiary/aromatic N) is 2. The molecule has 0 saturated carbocycles. The van der Waals surface area contributed by atoms with Gasteiger partial charge in [0.1, 0.15) is 11.8 Å². The molecule has 0 aliphatic heterocycles. The van der Waals surface area contributed by atoms with E-state index in [2.05, 4.69) is 4.98 Å². The summed E-state index contributed by atoms with van der Waals surface area (Å²) in [4.78, 5) is 14.8. The van der Waals surface area contributed by atoms with E-state index in [-0.39, 0.29) is 5.78 Å². The van der Waals surface area contributed by atoms with Gasteiger partial charge in [-0.15, -0.1) is 0 Å². The summed E-state index contributed by atoms with van der Waals surface area (Å²) in [5.41, 5.74) is 1.67. The van der Waals surface area contributed by atoms with E-state index in [0.717, 1.165) is 5.56 Å². The number of nitriles is 1. The second kappa shape index (κ2) is 3.14. The highest BCUT2D eigenvalue weighted by molar-refractivity contribution is 5.93. The van der Waals surface area contributed by atoms with Gasteiger partial charge in [0.2, 0.25) is 0 Å². The van der Waals surface area contributed by atoms with Crippen molar-refractivity contribution in [2.75, 3.05) is 0 Å². The number of pyridine rings is 1. The molecule has 0 spiro atoms. The predicted octanol–water partition coefficient (Wildman–Crippen LogP) is 1.46. The molecule has 0 bridgehead atoms. The molecule has 0 aliphatic rings. The van der Waals surface area contributed by atoms with Crippen LogP contribution in [0.1, 0.15) is 28.5 Å². The lowest BCUT2D eigenvalue weighted by Crippen LogP contribution is -2.00. The van der Waals surface area contributed by atoms with E-state index >= 15 is 0 Å². The lowest BCUT2D eigenvalue weighted by molar-refractivity contribution is 0.101.